The highest BCUT2D eigenvalue weighted by Gasteiger charge is 2.33. The molecule has 4 rings (SSSR count). The zero-order valence-corrected chi connectivity index (χ0v) is 20.4. The third kappa shape index (κ3) is 4.48. The number of benzene rings is 3. The number of carbonyl (C=O) groups excluding carboxylic acids is 1. The lowest BCUT2D eigenvalue weighted by Crippen LogP contribution is -2.21. The SMILES string of the molecule is CC(C)(C)c1ccc(C(=O)Oc2ccc3c(c2)OC(N)=C(C#N)C3c2c(Cl)cccc2Cl)cc1. The van der Waals surface area contributed by atoms with Crippen molar-refractivity contribution in [3.63, 3.8) is 0 Å². The van der Waals surface area contributed by atoms with E-state index in [4.69, 9.17) is 38.4 Å². The lowest BCUT2D eigenvalue weighted by Gasteiger charge is -2.27. The van der Waals surface area contributed by atoms with Crippen LogP contribution in [-0.4, -0.2) is 5.97 Å². The Balaban J connectivity index is 1.67. The van der Waals surface area contributed by atoms with Crippen LogP contribution in [0.3, 0.4) is 0 Å². The zero-order chi connectivity index (χ0) is 24.6. The Morgan fingerprint density at radius 2 is 1.71 bits per heavy atom. The minimum Gasteiger partial charge on any atom is -0.440 e. The molecule has 0 spiro atoms. The number of esters is 1. The third-order valence-electron chi connectivity index (χ3n) is 5.68. The molecule has 0 fully saturated rings. The Bertz CT molecular complexity index is 1330. The van der Waals surface area contributed by atoms with Gasteiger partial charge >= 0.3 is 5.97 Å². The molecule has 0 aromatic heterocycles. The van der Waals surface area contributed by atoms with Gasteiger partial charge in [0.05, 0.1) is 11.5 Å². The molecule has 7 heteroatoms. The van der Waals surface area contributed by atoms with Gasteiger partial charge in [0.1, 0.15) is 23.1 Å². The van der Waals surface area contributed by atoms with Gasteiger partial charge in [-0.2, -0.15) is 5.26 Å². The first-order valence-electron chi connectivity index (χ1n) is 10.6. The van der Waals surface area contributed by atoms with Gasteiger partial charge in [0.25, 0.3) is 0 Å². The number of rotatable bonds is 3. The molecule has 0 aliphatic carbocycles. The molecule has 2 N–H and O–H groups in total. The standard InChI is InChI=1S/C27H22Cl2N2O3/c1-27(2,3)16-9-7-15(8-10-16)26(32)33-17-11-12-18-22(13-17)34-25(31)19(14-30)23(18)24-20(28)5-4-6-21(24)29/h4-13,23H,31H2,1-3H3. The number of allylic oxidation sites excluding steroid dienone is 1. The smallest absolute Gasteiger partial charge is 0.343 e. The van der Waals surface area contributed by atoms with Crippen molar-refractivity contribution in [2.45, 2.75) is 32.1 Å². The van der Waals surface area contributed by atoms with Gasteiger partial charge in [-0.15, -0.1) is 0 Å². The van der Waals surface area contributed by atoms with E-state index in [1.807, 2.05) is 12.1 Å². The highest BCUT2D eigenvalue weighted by atomic mass is 35.5. The molecule has 5 nitrogen and oxygen atoms in total. The lowest BCUT2D eigenvalue weighted by molar-refractivity contribution is 0.0734. The van der Waals surface area contributed by atoms with Crippen molar-refractivity contribution in [3.05, 3.63) is 104 Å². The Labute approximate surface area is 208 Å². The second-order valence-electron chi connectivity index (χ2n) is 8.98. The molecule has 1 unspecified atom stereocenters. The molecule has 0 bridgehead atoms. The van der Waals surface area contributed by atoms with Crippen molar-refractivity contribution in [1.82, 2.24) is 0 Å². The predicted molar refractivity (Wildman–Crippen MR) is 132 cm³/mol. The van der Waals surface area contributed by atoms with Gasteiger partial charge in [-0.05, 0) is 41.3 Å². The normalized spacial score (nSPS) is 15.2. The fourth-order valence-electron chi connectivity index (χ4n) is 3.85. The molecular formula is C27H22Cl2N2O3. The van der Waals surface area contributed by atoms with Crippen LogP contribution < -0.4 is 15.2 Å². The molecule has 3 aromatic carbocycles. The number of nitrogens with two attached hydrogens (primary N) is 1. The van der Waals surface area contributed by atoms with Crippen LogP contribution >= 0.6 is 23.2 Å². The Kier molecular flexibility index (Phi) is 6.31. The van der Waals surface area contributed by atoms with Crippen molar-refractivity contribution < 1.29 is 14.3 Å². The first-order chi connectivity index (χ1) is 16.1. The summed E-state index contributed by atoms with van der Waals surface area (Å²) in [5, 5.41) is 10.6. The monoisotopic (exact) mass is 492 g/mol. The summed E-state index contributed by atoms with van der Waals surface area (Å²) in [7, 11) is 0. The van der Waals surface area contributed by atoms with E-state index in [0.29, 0.717) is 32.5 Å². The Morgan fingerprint density at radius 1 is 1.06 bits per heavy atom. The summed E-state index contributed by atoms with van der Waals surface area (Å²) >= 11 is 12.9. The van der Waals surface area contributed by atoms with Gasteiger partial charge in [0, 0.05) is 27.2 Å². The van der Waals surface area contributed by atoms with Crippen LogP contribution in [0.2, 0.25) is 10.0 Å². The summed E-state index contributed by atoms with van der Waals surface area (Å²) in [5.41, 5.74) is 8.98. The van der Waals surface area contributed by atoms with Crippen molar-refractivity contribution in [1.29, 1.82) is 5.26 Å². The second kappa shape index (κ2) is 9.06. The third-order valence-corrected chi connectivity index (χ3v) is 6.34. The fraction of sp³-hybridized carbons (Fsp3) is 0.185. The van der Waals surface area contributed by atoms with Crippen LogP contribution in [0.1, 0.15) is 53.7 Å². The highest BCUT2D eigenvalue weighted by Crippen LogP contribution is 2.47. The number of hydrogen-bond donors (Lipinski definition) is 1. The first-order valence-corrected chi connectivity index (χ1v) is 11.3. The van der Waals surface area contributed by atoms with Gasteiger partial charge in [-0.3, -0.25) is 0 Å². The molecule has 1 atom stereocenters. The summed E-state index contributed by atoms with van der Waals surface area (Å²) in [4.78, 5) is 12.7. The minimum absolute atomic E-state index is 0.0188. The van der Waals surface area contributed by atoms with E-state index in [2.05, 4.69) is 26.8 Å². The Morgan fingerprint density at radius 3 is 2.29 bits per heavy atom. The van der Waals surface area contributed by atoms with Gasteiger partial charge in [-0.1, -0.05) is 68.2 Å². The molecule has 172 valence electrons. The van der Waals surface area contributed by atoms with Crippen molar-refractivity contribution in [2.24, 2.45) is 5.73 Å². The second-order valence-corrected chi connectivity index (χ2v) is 9.79. The molecule has 0 saturated carbocycles. The van der Waals surface area contributed by atoms with Crippen LogP contribution in [0.15, 0.2) is 72.1 Å². The van der Waals surface area contributed by atoms with Crippen molar-refractivity contribution >= 4 is 29.2 Å². The topological polar surface area (TPSA) is 85.3 Å². The van der Waals surface area contributed by atoms with E-state index < -0.39 is 11.9 Å². The van der Waals surface area contributed by atoms with Gasteiger partial charge < -0.3 is 15.2 Å². The molecule has 34 heavy (non-hydrogen) atoms. The number of fused-ring (bicyclic) bond motifs is 1. The largest absolute Gasteiger partial charge is 0.440 e. The fourth-order valence-corrected chi connectivity index (χ4v) is 4.47. The zero-order valence-electron chi connectivity index (χ0n) is 18.9. The molecule has 1 aliphatic rings. The first kappa shape index (κ1) is 23.7. The maximum atomic E-state index is 12.7. The molecule has 0 saturated heterocycles. The van der Waals surface area contributed by atoms with E-state index in [-0.39, 0.29) is 22.6 Å². The van der Waals surface area contributed by atoms with Gasteiger partial charge in [0.2, 0.25) is 5.88 Å². The summed E-state index contributed by atoms with van der Waals surface area (Å²) in [6.07, 6.45) is 0. The van der Waals surface area contributed by atoms with Crippen molar-refractivity contribution in [2.75, 3.05) is 0 Å². The molecular weight excluding hydrogens is 471 g/mol. The molecule has 1 aliphatic heterocycles. The predicted octanol–water partition coefficient (Wildman–Crippen LogP) is 6.73. The average molecular weight is 493 g/mol. The number of ether oxygens (including phenoxy) is 2. The summed E-state index contributed by atoms with van der Waals surface area (Å²) in [5.74, 6) is -0.545. The number of nitriles is 1. The van der Waals surface area contributed by atoms with E-state index in [0.717, 1.165) is 5.56 Å². The summed E-state index contributed by atoms with van der Waals surface area (Å²) in [6.45, 7) is 6.32. The lowest BCUT2D eigenvalue weighted by atomic mass is 9.83. The quantitative estimate of drug-likeness (QED) is 0.323. The maximum Gasteiger partial charge on any atom is 0.343 e. The van der Waals surface area contributed by atoms with E-state index in [1.165, 1.54) is 0 Å². The van der Waals surface area contributed by atoms with Gasteiger partial charge in [0.15, 0.2) is 0 Å². The van der Waals surface area contributed by atoms with Gasteiger partial charge in [-0.25, -0.2) is 4.79 Å². The molecule has 1 heterocycles. The number of hydrogen-bond acceptors (Lipinski definition) is 5. The highest BCUT2D eigenvalue weighted by molar-refractivity contribution is 6.36. The molecule has 0 radical (unpaired) electrons. The van der Waals surface area contributed by atoms with Crippen LogP contribution in [0.5, 0.6) is 11.5 Å². The van der Waals surface area contributed by atoms with E-state index in [1.54, 1.807) is 48.5 Å². The average Bonchev–Trinajstić information content (AvgIpc) is 2.78. The van der Waals surface area contributed by atoms with E-state index >= 15 is 0 Å². The van der Waals surface area contributed by atoms with Crippen LogP contribution in [-0.2, 0) is 5.41 Å². The van der Waals surface area contributed by atoms with Crippen LogP contribution in [0.25, 0.3) is 0 Å². The summed E-state index contributed by atoms with van der Waals surface area (Å²) in [6, 6.07) is 19.5. The maximum absolute atomic E-state index is 12.7. The minimum atomic E-state index is -0.621. The van der Waals surface area contributed by atoms with Crippen molar-refractivity contribution in [3.8, 4) is 17.6 Å². The Hall–Kier alpha value is -3.46. The number of carbonyl (C=O) groups is 1. The molecule has 3 aromatic rings. The summed E-state index contributed by atoms with van der Waals surface area (Å²) < 4.78 is 11.3. The number of halogens is 2. The van der Waals surface area contributed by atoms with Crippen LogP contribution in [0, 0.1) is 11.3 Å². The number of nitrogens with zero attached hydrogens (tertiary/aromatic N) is 1. The van der Waals surface area contributed by atoms with E-state index in [9.17, 15) is 10.1 Å². The van der Waals surface area contributed by atoms with Crippen LogP contribution in [0.4, 0.5) is 0 Å². The molecule has 0 amide bonds.